The van der Waals surface area contributed by atoms with Crippen molar-refractivity contribution in [2.24, 2.45) is 0 Å². The minimum Gasteiger partial charge on any atom is -0.355 e. The third kappa shape index (κ3) is 119. The summed E-state index contributed by atoms with van der Waals surface area (Å²) < 4.78 is 5.40. The molecule has 0 aliphatic carbocycles. The van der Waals surface area contributed by atoms with Gasteiger partial charge in [0, 0.05) is 93.0 Å². The number of carbonyl (C=O) groups excluding carboxylic acids is 6. The van der Waals surface area contributed by atoms with Crippen LogP contribution in [0.2, 0.25) is 0 Å². The first-order chi connectivity index (χ1) is 57.6. The lowest BCUT2D eigenvalue weighted by atomic mass is 10.0. The van der Waals surface area contributed by atoms with E-state index in [1.165, 1.54) is 313 Å². The number of hydrogen-bond donors (Lipinski definition) is 6. The van der Waals surface area contributed by atoms with Crippen LogP contribution in [0.4, 0.5) is 0 Å². The molecule has 0 aliphatic heterocycles. The van der Waals surface area contributed by atoms with Gasteiger partial charge in [0.15, 0.2) is 19.6 Å². The number of quaternary nitrogens is 6. The van der Waals surface area contributed by atoms with Crippen molar-refractivity contribution in [2.75, 3.05) is 239 Å². The number of rotatable bonds is 88. The number of carbonyl (C=O) groups is 6. The zero-order valence-electron chi connectivity index (χ0n) is 83.2. The Morgan fingerprint density at radius 3 is 0.597 bits per heavy atom. The highest BCUT2D eigenvalue weighted by Crippen LogP contribution is 2.24. The standard InChI is InChI=1S/C50H102N4O2S2.C24H50N4O2S2.C23H48N4O2S2.3CH4/c1-7-9-11-13-15-17-19-21-24-28-32-36-43-53(3,4)44-37-33-29-26-23-27-31-35-40-49(55)52-42-47-58-57-46-39-41-51-50(56)48-54(5,6)45-38-34-30-25-22-20-18-16-14-12-10-8-2;1-27(2,3)19-14-12-10-8-7-9-11-13-16-23(29)26-18-21-32-31-20-15-17-25-24(30)22-28(4,5)6;1-26(2,3)18-13-11-9-7-8-10-12-15-22(28)25-17-20-31-30-19-14-16-24-23(29)21-27(4,5)6;;;/h7-48H2,1-6H3;7-22H2,1-6H3;7-21H2,1-6H3;3*1H4/p+6. The summed E-state index contributed by atoms with van der Waals surface area (Å²) in [5, 5.41) is 18.2. The second-order valence-corrected chi connectivity index (χ2v) is 48.5. The summed E-state index contributed by atoms with van der Waals surface area (Å²) in [5.41, 5.74) is 0. The number of unbranched alkanes of at least 4 members (excludes halogenated alkanes) is 42. The zero-order valence-corrected chi connectivity index (χ0v) is 88.1. The highest BCUT2D eigenvalue weighted by Gasteiger charge is 2.21. The number of nitrogens with one attached hydrogen (secondary N) is 6. The van der Waals surface area contributed by atoms with Crippen LogP contribution in [0.1, 0.15) is 376 Å². The molecule has 0 heterocycles. The Morgan fingerprint density at radius 2 is 0.371 bits per heavy atom. The van der Waals surface area contributed by atoms with Crippen molar-refractivity contribution in [3.05, 3.63) is 0 Å². The van der Waals surface area contributed by atoms with Crippen LogP contribution in [0.15, 0.2) is 0 Å². The van der Waals surface area contributed by atoms with Crippen molar-refractivity contribution in [3.63, 3.8) is 0 Å². The molecule has 0 aromatic carbocycles. The highest BCUT2D eigenvalue weighted by atomic mass is 33.1. The van der Waals surface area contributed by atoms with Crippen LogP contribution in [-0.2, 0) is 28.8 Å². The average Bonchev–Trinajstić information content (AvgIpc) is 0.921. The predicted molar refractivity (Wildman–Crippen MR) is 564 cm³/mol. The summed E-state index contributed by atoms with van der Waals surface area (Å²) in [7, 11) is 45.7. The minimum absolute atomic E-state index is 0. The van der Waals surface area contributed by atoms with Gasteiger partial charge < -0.3 is 58.8 Å². The fourth-order valence-electron chi connectivity index (χ4n) is 14.3. The molecule has 0 rings (SSSR count). The van der Waals surface area contributed by atoms with Crippen molar-refractivity contribution in [3.8, 4) is 0 Å². The second kappa shape index (κ2) is 93.5. The van der Waals surface area contributed by atoms with E-state index in [9.17, 15) is 28.8 Å². The average molecular weight is 1880 g/mol. The predicted octanol–water partition coefficient (Wildman–Crippen LogP) is 23.4. The van der Waals surface area contributed by atoms with Gasteiger partial charge in [0.25, 0.3) is 17.7 Å². The maximum atomic E-state index is 12.5. The Labute approximate surface area is 797 Å². The lowest BCUT2D eigenvalue weighted by Gasteiger charge is -2.30. The number of hydrogen-bond acceptors (Lipinski definition) is 12. The molecule has 6 N–H and O–H groups in total. The van der Waals surface area contributed by atoms with E-state index < -0.39 is 0 Å². The summed E-state index contributed by atoms with van der Waals surface area (Å²) in [6, 6.07) is 0. The van der Waals surface area contributed by atoms with E-state index in [0.717, 1.165) is 132 Å². The second-order valence-electron chi connectivity index (χ2n) is 40.4. The molecule has 0 radical (unpaired) electrons. The molecule has 744 valence electrons. The topological polar surface area (TPSA) is 175 Å². The van der Waals surface area contributed by atoms with Crippen LogP contribution in [0, 0.1) is 0 Å². The molecule has 18 nitrogen and oxygen atoms in total. The fraction of sp³-hybridized carbons (Fsp3) is 0.940. The number of likely N-dealkylation sites (N-methyl/N-ethyl adjacent to an activating group) is 3. The first kappa shape index (κ1) is 133. The molecule has 0 spiro atoms. The van der Waals surface area contributed by atoms with Crippen LogP contribution in [0.25, 0.3) is 0 Å². The van der Waals surface area contributed by atoms with Crippen LogP contribution in [-0.4, -0.2) is 301 Å². The van der Waals surface area contributed by atoms with Gasteiger partial charge in [0.05, 0.1) is 145 Å². The summed E-state index contributed by atoms with van der Waals surface area (Å²) in [4.78, 5) is 72.0. The number of nitrogens with zero attached hydrogens (tertiary/aromatic N) is 6. The Bertz CT molecular complexity index is 2340. The Kier molecular flexibility index (Phi) is 101. The molecule has 0 aliphatic rings. The normalized spacial score (nSPS) is 11.8. The fourth-order valence-corrected chi connectivity index (χ4v) is 20.3. The molecule has 0 saturated carbocycles. The van der Waals surface area contributed by atoms with E-state index in [0.29, 0.717) is 47.9 Å². The summed E-state index contributed by atoms with van der Waals surface area (Å²) in [6.07, 6.45) is 67.5. The van der Waals surface area contributed by atoms with E-state index in [4.69, 9.17) is 0 Å². The van der Waals surface area contributed by atoms with Gasteiger partial charge in [-0.3, -0.25) is 28.8 Å². The molecule has 0 aromatic heterocycles. The first-order valence-corrected chi connectivity index (χ1v) is 57.3. The maximum Gasteiger partial charge on any atom is 0.275 e. The van der Waals surface area contributed by atoms with E-state index in [1.54, 1.807) is 21.6 Å². The number of amides is 6. The molecule has 6 amide bonds. The van der Waals surface area contributed by atoms with Gasteiger partial charge in [0.1, 0.15) is 0 Å². The lowest BCUT2D eigenvalue weighted by Crippen LogP contribution is -2.48. The van der Waals surface area contributed by atoms with Gasteiger partial charge in [-0.15, -0.1) is 0 Å². The minimum atomic E-state index is 0. The molecule has 0 saturated heterocycles. The van der Waals surface area contributed by atoms with Crippen molar-refractivity contribution in [2.45, 2.75) is 376 Å². The van der Waals surface area contributed by atoms with Gasteiger partial charge in [-0.1, -0.05) is 319 Å². The molecule has 0 aromatic rings. The van der Waals surface area contributed by atoms with Crippen molar-refractivity contribution >= 4 is 100 Å². The van der Waals surface area contributed by atoms with Crippen molar-refractivity contribution in [1.29, 1.82) is 0 Å². The van der Waals surface area contributed by atoms with E-state index in [2.05, 4.69) is 116 Å². The third-order valence-electron chi connectivity index (χ3n) is 21.6. The molecular formula is C100H218N12O6S6+6. The SMILES string of the molecule is C.C.C.CCCCCCCCCCCCCC[N+](C)(C)CCCCCCCCCCC(=O)NCCSSCCCNC(=O)C[N+](C)(C)CCCCCCCCCCCCCC.C[N+](C)(C)CCCCCCCCCC(=O)NCCSSCCCNC(=O)C[N+](C)(C)C.C[N+](C)(C)CCCCCCCCCCC(=O)NCCSSCCCNC(=O)C[N+](C)(C)C. The molecule has 0 bridgehead atoms. The smallest absolute Gasteiger partial charge is 0.275 e. The third-order valence-corrected chi connectivity index (χ3v) is 29.1. The summed E-state index contributed by atoms with van der Waals surface area (Å²) in [6.45, 7) is 16.9. The van der Waals surface area contributed by atoms with Gasteiger partial charge in [-0.2, -0.15) is 0 Å². The summed E-state index contributed by atoms with van der Waals surface area (Å²) >= 11 is 0. The van der Waals surface area contributed by atoms with Crippen LogP contribution < -0.4 is 31.9 Å². The Hall–Kier alpha value is -1.32. The first-order valence-electron chi connectivity index (χ1n) is 49.8. The van der Waals surface area contributed by atoms with Gasteiger partial charge in [-0.25, -0.2) is 0 Å². The van der Waals surface area contributed by atoms with E-state index in [-0.39, 0.29) is 57.7 Å². The molecule has 0 unspecified atom stereocenters. The Balaban J connectivity index is -0.000000449. The molecular weight excluding hydrogens is 1660 g/mol. The largest absolute Gasteiger partial charge is 0.355 e. The molecule has 124 heavy (non-hydrogen) atoms. The quantitative estimate of drug-likeness (QED) is 0.0194. The van der Waals surface area contributed by atoms with Crippen molar-refractivity contribution in [1.82, 2.24) is 31.9 Å². The molecule has 0 atom stereocenters. The highest BCUT2D eigenvalue weighted by molar-refractivity contribution is 8.77. The van der Waals surface area contributed by atoms with Crippen LogP contribution >= 0.6 is 64.8 Å². The Morgan fingerprint density at radius 1 is 0.185 bits per heavy atom. The van der Waals surface area contributed by atoms with E-state index >= 15 is 0 Å². The molecule has 0 fully saturated rings. The lowest BCUT2D eigenvalue weighted by molar-refractivity contribution is -0.890. The summed E-state index contributed by atoms with van der Waals surface area (Å²) in [5.74, 6) is 6.83. The van der Waals surface area contributed by atoms with Crippen molar-refractivity contribution < 1.29 is 55.7 Å². The maximum absolute atomic E-state index is 12.5. The van der Waals surface area contributed by atoms with Gasteiger partial charge in [0.2, 0.25) is 17.7 Å². The van der Waals surface area contributed by atoms with Gasteiger partial charge >= 0.3 is 0 Å². The van der Waals surface area contributed by atoms with Crippen LogP contribution in [0.5, 0.6) is 0 Å². The molecule has 24 heteroatoms. The zero-order chi connectivity index (χ0) is 90.6. The monoisotopic (exact) mass is 1880 g/mol. The van der Waals surface area contributed by atoms with Crippen LogP contribution in [0.3, 0.4) is 0 Å². The van der Waals surface area contributed by atoms with Gasteiger partial charge in [-0.05, 0) is 103 Å². The van der Waals surface area contributed by atoms with E-state index in [1.807, 2.05) is 85.5 Å².